The molecule has 0 bridgehead atoms. The van der Waals surface area contributed by atoms with E-state index in [0.717, 1.165) is 17.9 Å². The molecule has 0 aliphatic heterocycles. The molecule has 0 radical (unpaired) electrons. The van der Waals surface area contributed by atoms with Crippen LogP contribution in [0.5, 0.6) is 0 Å². The summed E-state index contributed by atoms with van der Waals surface area (Å²) in [5, 5.41) is 7.67. The molecule has 0 aromatic carbocycles. The third kappa shape index (κ3) is 1.68. The third-order valence-electron chi connectivity index (χ3n) is 2.63. The van der Waals surface area contributed by atoms with Crippen molar-refractivity contribution in [2.75, 3.05) is 7.05 Å². The summed E-state index contributed by atoms with van der Waals surface area (Å²) in [4.78, 5) is 3.18. The lowest BCUT2D eigenvalue weighted by molar-refractivity contribution is 0.670. The van der Waals surface area contributed by atoms with E-state index in [-0.39, 0.29) is 0 Å². The monoisotopic (exact) mass is 204 g/mol. The summed E-state index contributed by atoms with van der Waals surface area (Å²) in [5.41, 5.74) is 4.56. The Hall–Kier alpha value is -1.55. The summed E-state index contributed by atoms with van der Waals surface area (Å²) in [6, 6.07) is 4.03. The fourth-order valence-electron chi connectivity index (χ4n) is 1.81. The molecule has 0 atom stereocenters. The van der Waals surface area contributed by atoms with Gasteiger partial charge in [-0.3, -0.25) is 4.68 Å². The van der Waals surface area contributed by atoms with Gasteiger partial charge in [0.05, 0.1) is 11.4 Å². The van der Waals surface area contributed by atoms with Crippen molar-refractivity contribution in [1.29, 1.82) is 0 Å². The highest BCUT2D eigenvalue weighted by atomic mass is 15.3. The van der Waals surface area contributed by atoms with Gasteiger partial charge in [0.2, 0.25) is 0 Å². The molecule has 2 heterocycles. The van der Waals surface area contributed by atoms with Gasteiger partial charge in [-0.05, 0) is 26.1 Å². The van der Waals surface area contributed by atoms with Crippen molar-refractivity contribution in [3.8, 4) is 11.4 Å². The first-order valence-electron chi connectivity index (χ1n) is 5.05. The number of nitrogens with zero attached hydrogens (tertiary/aromatic N) is 2. The Morgan fingerprint density at radius 3 is 2.93 bits per heavy atom. The van der Waals surface area contributed by atoms with E-state index in [1.54, 1.807) is 0 Å². The van der Waals surface area contributed by atoms with E-state index in [1.807, 2.05) is 37.1 Å². The number of aromatic nitrogens is 3. The minimum Gasteiger partial charge on any atom is -0.360 e. The summed E-state index contributed by atoms with van der Waals surface area (Å²) in [5.74, 6) is 0. The van der Waals surface area contributed by atoms with Crippen LogP contribution in [-0.4, -0.2) is 21.8 Å². The van der Waals surface area contributed by atoms with Gasteiger partial charge < -0.3 is 10.3 Å². The Morgan fingerprint density at radius 1 is 1.53 bits per heavy atom. The Morgan fingerprint density at radius 2 is 2.33 bits per heavy atom. The van der Waals surface area contributed by atoms with Crippen LogP contribution >= 0.6 is 0 Å². The molecule has 80 valence electrons. The zero-order valence-corrected chi connectivity index (χ0v) is 9.33. The van der Waals surface area contributed by atoms with Crippen LogP contribution in [0.25, 0.3) is 11.4 Å². The first-order valence-corrected chi connectivity index (χ1v) is 5.05. The van der Waals surface area contributed by atoms with Crippen LogP contribution < -0.4 is 5.32 Å². The lowest BCUT2D eigenvalue weighted by Crippen LogP contribution is -2.10. The van der Waals surface area contributed by atoms with Gasteiger partial charge in [-0.2, -0.15) is 5.10 Å². The van der Waals surface area contributed by atoms with Gasteiger partial charge in [0, 0.05) is 25.4 Å². The van der Waals surface area contributed by atoms with Crippen LogP contribution in [0.15, 0.2) is 18.3 Å². The van der Waals surface area contributed by atoms with Crippen LogP contribution in [0.1, 0.15) is 11.3 Å². The van der Waals surface area contributed by atoms with E-state index in [9.17, 15) is 0 Å². The standard InChI is InChI=1S/C11H16N4/c1-8-10(7-12-2)15(3)14-11(8)9-5-4-6-13-9/h4-6,12-13H,7H2,1-3H3. The smallest absolute Gasteiger partial charge is 0.112 e. The highest BCUT2D eigenvalue weighted by molar-refractivity contribution is 5.59. The molecule has 0 spiro atoms. The van der Waals surface area contributed by atoms with Gasteiger partial charge >= 0.3 is 0 Å². The second-order valence-corrected chi connectivity index (χ2v) is 3.66. The number of hydrogen-bond acceptors (Lipinski definition) is 2. The van der Waals surface area contributed by atoms with Crippen molar-refractivity contribution in [3.63, 3.8) is 0 Å². The van der Waals surface area contributed by atoms with Gasteiger partial charge in [0.25, 0.3) is 0 Å². The Balaban J connectivity index is 2.46. The molecular weight excluding hydrogens is 188 g/mol. The molecule has 2 N–H and O–H groups in total. The predicted molar refractivity (Wildman–Crippen MR) is 60.5 cm³/mol. The fourth-order valence-corrected chi connectivity index (χ4v) is 1.81. The fraction of sp³-hybridized carbons (Fsp3) is 0.364. The van der Waals surface area contributed by atoms with Gasteiger partial charge in [-0.25, -0.2) is 0 Å². The number of nitrogens with one attached hydrogen (secondary N) is 2. The van der Waals surface area contributed by atoms with Crippen LogP contribution in [0.2, 0.25) is 0 Å². The molecule has 0 saturated carbocycles. The average molecular weight is 204 g/mol. The zero-order valence-electron chi connectivity index (χ0n) is 9.33. The molecular formula is C11H16N4. The Kier molecular flexibility index (Phi) is 2.60. The maximum absolute atomic E-state index is 4.52. The van der Waals surface area contributed by atoms with Gasteiger partial charge in [-0.15, -0.1) is 0 Å². The molecule has 0 aliphatic carbocycles. The molecule has 4 nitrogen and oxygen atoms in total. The van der Waals surface area contributed by atoms with Crippen LogP contribution in [-0.2, 0) is 13.6 Å². The maximum atomic E-state index is 4.52. The van der Waals surface area contributed by atoms with E-state index in [4.69, 9.17) is 0 Å². The summed E-state index contributed by atoms with van der Waals surface area (Å²) in [7, 11) is 3.92. The summed E-state index contributed by atoms with van der Waals surface area (Å²) < 4.78 is 1.93. The normalized spacial score (nSPS) is 10.9. The number of aryl methyl sites for hydroxylation is 1. The molecule has 2 rings (SSSR count). The Labute approximate surface area is 89.3 Å². The summed E-state index contributed by atoms with van der Waals surface area (Å²) in [6.07, 6.45) is 1.92. The van der Waals surface area contributed by atoms with E-state index in [0.29, 0.717) is 0 Å². The van der Waals surface area contributed by atoms with Crippen molar-refractivity contribution in [2.45, 2.75) is 13.5 Å². The van der Waals surface area contributed by atoms with E-state index >= 15 is 0 Å². The van der Waals surface area contributed by atoms with Crippen molar-refractivity contribution in [2.24, 2.45) is 7.05 Å². The van der Waals surface area contributed by atoms with Crippen molar-refractivity contribution >= 4 is 0 Å². The van der Waals surface area contributed by atoms with E-state index in [1.165, 1.54) is 11.3 Å². The second kappa shape index (κ2) is 3.90. The van der Waals surface area contributed by atoms with Gasteiger partial charge in [0.1, 0.15) is 5.69 Å². The largest absolute Gasteiger partial charge is 0.360 e. The third-order valence-corrected chi connectivity index (χ3v) is 2.63. The minimum absolute atomic E-state index is 0.843. The molecule has 4 heteroatoms. The molecule has 0 saturated heterocycles. The highest BCUT2D eigenvalue weighted by Gasteiger charge is 2.13. The van der Waals surface area contributed by atoms with Crippen LogP contribution in [0, 0.1) is 6.92 Å². The second-order valence-electron chi connectivity index (χ2n) is 3.66. The zero-order chi connectivity index (χ0) is 10.8. The highest BCUT2D eigenvalue weighted by Crippen LogP contribution is 2.22. The average Bonchev–Trinajstić information content (AvgIpc) is 2.81. The van der Waals surface area contributed by atoms with Crippen molar-refractivity contribution < 1.29 is 0 Å². The number of aromatic amines is 1. The first-order chi connectivity index (χ1) is 7.24. The van der Waals surface area contributed by atoms with E-state index in [2.05, 4.69) is 22.3 Å². The molecule has 0 amide bonds. The summed E-state index contributed by atoms with van der Waals surface area (Å²) >= 11 is 0. The number of hydrogen-bond donors (Lipinski definition) is 2. The number of H-pyrrole nitrogens is 1. The van der Waals surface area contributed by atoms with Crippen LogP contribution in [0.3, 0.4) is 0 Å². The topological polar surface area (TPSA) is 45.6 Å². The van der Waals surface area contributed by atoms with Gasteiger partial charge in [0.15, 0.2) is 0 Å². The van der Waals surface area contributed by atoms with Gasteiger partial charge in [-0.1, -0.05) is 0 Å². The SMILES string of the molecule is CNCc1c(C)c(-c2ccc[nH]2)nn1C. The lowest BCUT2D eigenvalue weighted by atomic mass is 10.1. The minimum atomic E-state index is 0.843. The first kappa shape index (κ1) is 9.98. The quantitative estimate of drug-likeness (QED) is 0.794. The van der Waals surface area contributed by atoms with Crippen molar-refractivity contribution in [1.82, 2.24) is 20.1 Å². The molecule has 2 aromatic heterocycles. The Bertz CT molecular complexity index is 439. The van der Waals surface area contributed by atoms with Crippen molar-refractivity contribution in [3.05, 3.63) is 29.6 Å². The molecule has 0 unspecified atom stereocenters. The van der Waals surface area contributed by atoms with E-state index < -0.39 is 0 Å². The molecule has 0 fully saturated rings. The number of rotatable bonds is 3. The maximum Gasteiger partial charge on any atom is 0.112 e. The predicted octanol–water partition coefficient (Wildman–Crippen LogP) is 1.44. The molecule has 15 heavy (non-hydrogen) atoms. The summed E-state index contributed by atoms with van der Waals surface area (Å²) in [6.45, 7) is 2.95. The van der Waals surface area contributed by atoms with Crippen LogP contribution in [0.4, 0.5) is 0 Å². The molecule has 0 aliphatic rings. The lowest BCUT2D eigenvalue weighted by Gasteiger charge is -2.01. The molecule has 2 aromatic rings.